The van der Waals surface area contributed by atoms with E-state index >= 15 is 0 Å². The van der Waals surface area contributed by atoms with Gasteiger partial charge in [0, 0.05) is 17.5 Å². The molecule has 1 N–H and O–H groups in total. The zero-order valence-corrected chi connectivity index (χ0v) is 11.1. The van der Waals surface area contributed by atoms with E-state index in [1.807, 2.05) is 24.3 Å². The van der Waals surface area contributed by atoms with Crippen LogP contribution in [-0.4, -0.2) is 34.0 Å². The number of carbonyl (C=O) groups excluding carboxylic acids is 1. The first kappa shape index (κ1) is 12.7. The van der Waals surface area contributed by atoms with Crippen molar-refractivity contribution in [2.75, 3.05) is 6.54 Å². The number of benzene rings is 1. The standard InChI is InChI=1S/C15H15NO4/c1-15(14(18)19)6-7-16(15)13(17)8-10-9-20-12-5-3-2-4-11(10)12/h2-5,9H,6-8H2,1H3,(H,18,19). The van der Waals surface area contributed by atoms with Gasteiger partial charge in [-0.05, 0) is 19.4 Å². The van der Waals surface area contributed by atoms with E-state index in [0.717, 1.165) is 16.5 Å². The maximum absolute atomic E-state index is 12.3. The number of hydrogen-bond acceptors (Lipinski definition) is 3. The third kappa shape index (κ3) is 1.78. The summed E-state index contributed by atoms with van der Waals surface area (Å²) in [6.45, 7) is 2.08. The molecule has 1 aromatic heterocycles. The lowest BCUT2D eigenvalue weighted by Gasteiger charge is -2.47. The molecule has 1 unspecified atom stereocenters. The molecule has 1 aliphatic rings. The van der Waals surface area contributed by atoms with Crippen LogP contribution in [0.5, 0.6) is 0 Å². The summed E-state index contributed by atoms with van der Waals surface area (Å²) in [4.78, 5) is 24.9. The number of nitrogens with zero attached hydrogens (tertiary/aromatic N) is 1. The van der Waals surface area contributed by atoms with Crippen LogP contribution in [0.1, 0.15) is 18.9 Å². The van der Waals surface area contributed by atoms with E-state index < -0.39 is 11.5 Å². The number of fused-ring (bicyclic) bond motifs is 1. The molecule has 1 aromatic carbocycles. The van der Waals surface area contributed by atoms with Gasteiger partial charge in [-0.25, -0.2) is 4.79 Å². The summed E-state index contributed by atoms with van der Waals surface area (Å²) >= 11 is 0. The average molecular weight is 273 g/mol. The van der Waals surface area contributed by atoms with E-state index in [4.69, 9.17) is 4.42 Å². The molecule has 0 saturated carbocycles. The van der Waals surface area contributed by atoms with E-state index in [9.17, 15) is 14.7 Å². The van der Waals surface area contributed by atoms with Crippen molar-refractivity contribution in [3.8, 4) is 0 Å². The fraction of sp³-hybridized carbons (Fsp3) is 0.333. The topological polar surface area (TPSA) is 70.8 Å². The molecule has 20 heavy (non-hydrogen) atoms. The highest BCUT2D eigenvalue weighted by Crippen LogP contribution is 2.32. The molecule has 3 rings (SSSR count). The summed E-state index contributed by atoms with van der Waals surface area (Å²) in [6, 6.07) is 7.49. The van der Waals surface area contributed by atoms with Gasteiger partial charge < -0.3 is 14.4 Å². The minimum atomic E-state index is -1.06. The minimum absolute atomic E-state index is 0.167. The van der Waals surface area contributed by atoms with Gasteiger partial charge in [0.05, 0.1) is 12.7 Å². The Balaban J connectivity index is 1.82. The van der Waals surface area contributed by atoms with Crippen molar-refractivity contribution in [2.24, 2.45) is 0 Å². The van der Waals surface area contributed by atoms with Crippen molar-refractivity contribution < 1.29 is 19.1 Å². The van der Waals surface area contributed by atoms with Gasteiger partial charge in [-0.15, -0.1) is 0 Å². The number of carbonyl (C=O) groups is 2. The molecule has 5 nitrogen and oxygen atoms in total. The number of likely N-dealkylation sites (tertiary alicyclic amines) is 1. The zero-order chi connectivity index (χ0) is 14.3. The molecule has 0 radical (unpaired) electrons. The van der Waals surface area contributed by atoms with Crippen LogP contribution in [0.4, 0.5) is 0 Å². The lowest BCUT2D eigenvalue weighted by molar-refractivity contribution is -0.168. The molecule has 5 heteroatoms. The van der Waals surface area contributed by atoms with Crippen LogP contribution in [0.15, 0.2) is 34.9 Å². The fourth-order valence-electron chi connectivity index (χ4n) is 2.61. The Kier molecular flexibility index (Phi) is 2.78. The van der Waals surface area contributed by atoms with E-state index in [2.05, 4.69) is 0 Å². The number of rotatable bonds is 3. The van der Waals surface area contributed by atoms with E-state index in [0.29, 0.717) is 13.0 Å². The van der Waals surface area contributed by atoms with E-state index in [1.54, 1.807) is 13.2 Å². The second-order valence-electron chi connectivity index (χ2n) is 5.31. The summed E-state index contributed by atoms with van der Waals surface area (Å²) in [6.07, 6.45) is 2.24. The van der Waals surface area contributed by atoms with Gasteiger partial charge in [0.1, 0.15) is 11.1 Å². The van der Waals surface area contributed by atoms with Crippen molar-refractivity contribution in [3.05, 3.63) is 36.1 Å². The highest BCUT2D eigenvalue weighted by Gasteiger charge is 2.49. The van der Waals surface area contributed by atoms with Gasteiger partial charge >= 0.3 is 5.97 Å². The lowest BCUT2D eigenvalue weighted by atomic mass is 9.86. The molecule has 0 bridgehead atoms. The predicted octanol–water partition coefficient (Wildman–Crippen LogP) is 2.05. The quantitative estimate of drug-likeness (QED) is 0.929. The number of aliphatic carboxylic acids is 1. The monoisotopic (exact) mass is 273 g/mol. The van der Waals surface area contributed by atoms with E-state index in [1.165, 1.54) is 4.90 Å². The van der Waals surface area contributed by atoms with Crippen molar-refractivity contribution >= 4 is 22.8 Å². The number of hydrogen-bond donors (Lipinski definition) is 1. The molecule has 1 fully saturated rings. The first-order chi connectivity index (χ1) is 9.52. The van der Waals surface area contributed by atoms with E-state index in [-0.39, 0.29) is 12.3 Å². The maximum atomic E-state index is 12.3. The van der Waals surface area contributed by atoms with Crippen LogP contribution < -0.4 is 0 Å². The average Bonchev–Trinajstić information content (AvgIpc) is 2.80. The number of para-hydroxylation sites is 1. The Morgan fingerprint density at radius 1 is 1.40 bits per heavy atom. The fourth-order valence-corrected chi connectivity index (χ4v) is 2.61. The van der Waals surface area contributed by atoms with Gasteiger partial charge in [0.15, 0.2) is 0 Å². The third-order valence-corrected chi connectivity index (χ3v) is 4.08. The number of carboxylic acids is 1. The van der Waals surface area contributed by atoms with Gasteiger partial charge in [-0.2, -0.15) is 0 Å². The number of carboxylic acid groups (broad SMARTS) is 1. The summed E-state index contributed by atoms with van der Waals surface area (Å²) in [5.74, 6) is -1.12. The van der Waals surface area contributed by atoms with Gasteiger partial charge in [0.25, 0.3) is 0 Å². The second-order valence-corrected chi connectivity index (χ2v) is 5.31. The smallest absolute Gasteiger partial charge is 0.329 e. The largest absolute Gasteiger partial charge is 0.480 e. The van der Waals surface area contributed by atoms with Gasteiger partial charge in [0.2, 0.25) is 5.91 Å². The first-order valence-corrected chi connectivity index (χ1v) is 6.51. The summed E-state index contributed by atoms with van der Waals surface area (Å²) in [5, 5.41) is 10.1. The number of furan rings is 1. The zero-order valence-electron chi connectivity index (χ0n) is 11.1. The maximum Gasteiger partial charge on any atom is 0.329 e. The van der Waals surface area contributed by atoms with Crippen molar-refractivity contribution in [3.63, 3.8) is 0 Å². The molecule has 2 aromatic rings. The summed E-state index contributed by atoms with van der Waals surface area (Å²) in [7, 11) is 0. The van der Waals surface area contributed by atoms with Crippen LogP contribution in [0.25, 0.3) is 11.0 Å². The van der Waals surface area contributed by atoms with Crippen LogP contribution in [0.3, 0.4) is 0 Å². The van der Waals surface area contributed by atoms with Crippen LogP contribution in [0.2, 0.25) is 0 Å². The molecule has 104 valence electrons. The molecule has 1 saturated heterocycles. The minimum Gasteiger partial charge on any atom is -0.480 e. The molecule has 1 amide bonds. The summed E-state index contributed by atoms with van der Waals surface area (Å²) in [5.41, 5.74) is 0.474. The molecule has 2 heterocycles. The van der Waals surface area contributed by atoms with Crippen LogP contribution in [-0.2, 0) is 16.0 Å². The van der Waals surface area contributed by atoms with Gasteiger partial charge in [-0.1, -0.05) is 18.2 Å². The SMILES string of the molecule is CC1(C(=O)O)CCN1C(=O)Cc1coc2ccccc12. The normalized spacial score (nSPS) is 21.8. The van der Waals surface area contributed by atoms with Crippen LogP contribution in [0, 0.1) is 0 Å². The third-order valence-electron chi connectivity index (χ3n) is 4.08. The Labute approximate surface area is 115 Å². The van der Waals surface area contributed by atoms with Crippen molar-refractivity contribution in [1.29, 1.82) is 0 Å². The molecule has 0 aliphatic carbocycles. The number of amides is 1. The molecular weight excluding hydrogens is 258 g/mol. The highest BCUT2D eigenvalue weighted by atomic mass is 16.4. The Morgan fingerprint density at radius 2 is 2.15 bits per heavy atom. The summed E-state index contributed by atoms with van der Waals surface area (Å²) < 4.78 is 5.39. The highest BCUT2D eigenvalue weighted by molar-refractivity contribution is 5.92. The second kappa shape index (κ2) is 4.37. The van der Waals surface area contributed by atoms with Crippen molar-refractivity contribution in [2.45, 2.75) is 25.3 Å². The Hall–Kier alpha value is -2.30. The molecule has 1 aliphatic heterocycles. The predicted molar refractivity (Wildman–Crippen MR) is 72.3 cm³/mol. The molecular formula is C15H15NO4. The molecule has 0 spiro atoms. The Morgan fingerprint density at radius 3 is 2.80 bits per heavy atom. The Bertz CT molecular complexity index is 690. The molecule has 1 atom stereocenters. The van der Waals surface area contributed by atoms with Crippen LogP contribution >= 0.6 is 0 Å². The first-order valence-electron chi connectivity index (χ1n) is 6.51. The lowest BCUT2D eigenvalue weighted by Crippen LogP contribution is -2.64. The van der Waals surface area contributed by atoms with Gasteiger partial charge in [-0.3, -0.25) is 4.79 Å². The van der Waals surface area contributed by atoms with Crippen molar-refractivity contribution in [1.82, 2.24) is 4.90 Å².